The molecule has 0 fully saturated rings. The number of pyridine rings is 1. The Kier molecular flexibility index (Phi) is 3.33. The Balaban J connectivity index is 2.56. The van der Waals surface area contributed by atoms with E-state index in [1.807, 2.05) is 0 Å². The Hall–Kier alpha value is -2.98. The van der Waals surface area contributed by atoms with Gasteiger partial charge in [-0.05, 0) is 6.07 Å². The van der Waals surface area contributed by atoms with Crippen molar-refractivity contribution < 1.29 is 28.0 Å². The van der Waals surface area contributed by atoms with E-state index < -0.39 is 39.8 Å². The fourth-order valence-electron chi connectivity index (χ4n) is 1.47. The predicted molar refractivity (Wildman–Crippen MR) is 60.0 cm³/mol. The van der Waals surface area contributed by atoms with Crippen LogP contribution in [0.5, 0.6) is 0 Å². The molecule has 0 unspecified atom stereocenters. The summed E-state index contributed by atoms with van der Waals surface area (Å²) in [6.45, 7) is 0. The molecule has 8 nitrogen and oxygen atoms in total. The molecular formula is C10H5F3N4O4. The molecule has 0 aliphatic rings. The first kappa shape index (κ1) is 14.4. The van der Waals surface area contributed by atoms with Crippen molar-refractivity contribution in [3.63, 3.8) is 0 Å². The number of hydrogen-bond acceptors (Lipinski definition) is 5. The molecule has 0 saturated carbocycles. The van der Waals surface area contributed by atoms with Crippen molar-refractivity contribution in [1.29, 1.82) is 0 Å². The van der Waals surface area contributed by atoms with Gasteiger partial charge >= 0.3 is 17.8 Å². The van der Waals surface area contributed by atoms with Gasteiger partial charge in [0.2, 0.25) is 5.82 Å². The third kappa shape index (κ3) is 2.80. The SMILES string of the molecule is O=C(O)c1cnc(-n2ccc(C(F)(F)F)n2)c([N+](=O)[O-])c1. The lowest BCUT2D eigenvalue weighted by atomic mass is 10.2. The molecule has 0 amide bonds. The summed E-state index contributed by atoms with van der Waals surface area (Å²) in [6.07, 6.45) is -3.07. The minimum Gasteiger partial charge on any atom is -0.478 e. The second-order valence-corrected chi connectivity index (χ2v) is 3.77. The number of carbonyl (C=O) groups is 1. The van der Waals surface area contributed by atoms with Crippen LogP contribution in [0.2, 0.25) is 0 Å². The average Bonchev–Trinajstić information content (AvgIpc) is 2.87. The molecule has 2 rings (SSSR count). The predicted octanol–water partition coefficient (Wildman–Crippen LogP) is 1.89. The monoisotopic (exact) mass is 302 g/mol. The topological polar surface area (TPSA) is 111 Å². The van der Waals surface area contributed by atoms with Crippen molar-refractivity contribution >= 4 is 11.7 Å². The number of aromatic nitrogens is 3. The van der Waals surface area contributed by atoms with Gasteiger partial charge in [-0.15, -0.1) is 0 Å². The van der Waals surface area contributed by atoms with Crippen LogP contribution in [-0.2, 0) is 6.18 Å². The Morgan fingerprint density at radius 3 is 2.57 bits per heavy atom. The van der Waals surface area contributed by atoms with E-state index in [0.29, 0.717) is 16.8 Å². The van der Waals surface area contributed by atoms with E-state index in [1.54, 1.807) is 0 Å². The maximum absolute atomic E-state index is 12.4. The van der Waals surface area contributed by atoms with Gasteiger partial charge in [0.05, 0.1) is 10.5 Å². The van der Waals surface area contributed by atoms with Crippen LogP contribution in [0.3, 0.4) is 0 Å². The number of nitrogens with zero attached hydrogens (tertiary/aromatic N) is 4. The van der Waals surface area contributed by atoms with Crippen molar-refractivity contribution in [2.24, 2.45) is 0 Å². The number of alkyl halides is 3. The highest BCUT2D eigenvalue weighted by molar-refractivity contribution is 5.88. The van der Waals surface area contributed by atoms with Gasteiger partial charge in [-0.2, -0.15) is 18.3 Å². The summed E-state index contributed by atoms with van der Waals surface area (Å²) in [5, 5.41) is 22.8. The minimum absolute atomic E-state index is 0.464. The maximum Gasteiger partial charge on any atom is 0.435 e. The molecule has 0 saturated heterocycles. The van der Waals surface area contributed by atoms with E-state index >= 15 is 0 Å². The lowest BCUT2D eigenvalue weighted by molar-refractivity contribution is -0.385. The van der Waals surface area contributed by atoms with Gasteiger partial charge in [-0.3, -0.25) is 10.1 Å². The van der Waals surface area contributed by atoms with Gasteiger partial charge in [-0.25, -0.2) is 14.5 Å². The summed E-state index contributed by atoms with van der Waals surface area (Å²) in [5.41, 5.74) is -2.48. The van der Waals surface area contributed by atoms with E-state index in [9.17, 15) is 28.1 Å². The zero-order valence-corrected chi connectivity index (χ0v) is 9.90. The van der Waals surface area contributed by atoms with Crippen molar-refractivity contribution in [2.45, 2.75) is 6.18 Å². The number of aromatic carboxylic acids is 1. The second-order valence-electron chi connectivity index (χ2n) is 3.77. The first-order valence-electron chi connectivity index (χ1n) is 5.21. The summed E-state index contributed by atoms with van der Waals surface area (Å²) < 4.78 is 37.9. The molecule has 0 aliphatic heterocycles. The normalized spacial score (nSPS) is 11.4. The number of hydrogen-bond donors (Lipinski definition) is 1. The third-order valence-electron chi connectivity index (χ3n) is 2.39. The van der Waals surface area contributed by atoms with Crippen molar-refractivity contribution in [2.75, 3.05) is 0 Å². The molecule has 0 atom stereocenters. The number of rotatable bonds is 3. The van der Waals surface area contributed by atoms with Crippen LogP contribution in [0.4, 0.5) is 18.9 Å². The van der Waals surface area contributed by atoms with Crippen LogP contribution in [0.1, 0.15) is 16.1 Å². The second kappa shape index (κ2) is 4.85. The van der Waals surface area contributed by atoms with Crippen molar-refractivity contribution in [3.8, 4) is 5.82 Å². The number of carboxylic acids is 1. The number of nitro groups is 1. The van der Waals surface area contributed by atoms with Crippen LogP contribution >= 0.6 is 0 Å². The molecule has 0 bridgehead atoms. The van der Waals surface area contributed by atoms with Crippen LogP contribution in [0, 0.1) is 10.1 Å². The molecular weight excluding hydrogens is 297 g/mol. The molecule has 11 heteroatoms. The highest BCUT2D eigenvalue weighted by atomic mass is 19.4. The fraction of sp³-hybridized carbons (Fsp3) is 0.100. The molecule has 2 aromatic heterocycles. The molecule has 1 N–H and O–H groups in total. The van der Waals surface area contributed by atoms with Gasteiger partial charge in [0.15, 0.2) is 5.69 Å². The largest absolute Gasteiger partial charge is 0.478 e. The average molecular weight is 302 g/mol. The van der Waals surface area contributed by atoms with E-state index in [2.05, 4.69) is 10.1 Å². The lowest BCUT2D eigenvalue weighted by Crippen LogP contribution is -2.10. The molecule has 21 heavy (non-hydrogen) atoms. The molecule has 0 spiro atoms. The number of carboxylic acid groups (broad SMARTS) is 1. The summed E-state index contributed by atoms with van der Waals surface area (Å²) in [6, 6.07) is 1.32. The summed E-state index contributed by atoms with van der Waals surface area (Å²) in [7, 11) is 0. The molecule has 0 radical (unpaired) electrons. The number of halogens is 3. The zero-order chi connectivity index (χ0) is 15.8. The van der Waals surface area contributed by atoms with Gasteiger partial charge in [0.1, 0.15) is 0 Å². The summed E-state index contributed by atoms with van der Waals surface area (Å²) in [5.74, 6) is -1.96. The van der Waals surface area contributed by atoms with Crippen LogP contribution in [0.25, 0.3) is 5.82 Å². The molecule has 2 heterocycles. The first-order valence-corrected chi connectivity index (χ1v) is 5.21. The Morgan fingerprint density at radius 1 is 1.43 bits per heavy atom. The fourth-order valence-corrected chi connectivity index (χ4v) is 1.47. The molecule has 110 valence electrons. The molecule has 2 aromatic rings. The highest BCUT2D eigenvalue weighted by Crippen LogP contribution is 2.29. The van der Waals surface area contributed by atoms with E-state index in [4.69, 9.17) is 5.11 Å². The zero-order valence-electron chi connectivity index (χ0n) is 9.90. The Labute approximate surface area is 113 Å². The van der Waals surface area contributed by atoms with Crippen LogP contribution in [0.15, 0.2) is 24.5 Å². The van der Waals surface area contributed by atoms with Gasteiger partial charge in [-0.1, -0.05) is 0 Å². The van der Waals surface area contributed by atoms with Crippen molar-refractivity contribution in [3.05, 3.63) is 45.9 Å². The van der Waals surface area contributed by atoms with Crippen molar-refractivity contribution in [1.82, 2.24) is 14.8 Å². The molecule has 0 aliphatic carbocycles. The third-order valence-corrected chi connectivity index (χ3v) is 2.39. The minimum atomic E-state index is -4.71. The quantitative estimate of drug-likeness (QED) is 0.684. The summed E-state index contributed by atoms with van der Waals surface area (Å²) in [4.78, 5) is 24.2. The van der Waals surface area contributed by atoms with Gasteiger partial charge in [0.25, 0.3) is 0 Å². The van der Waals surface area contributed by atoms with Crippen LogP contribution in [-0.4, -0.2) is 30.8 Å². The first-order chi connectivity index (χ1) is 9.70. The van der Waals surface area contributed by atoms with Crippen LogP contribution < -0.4 is 0 Å². The lowest BCUT2D eigenvalue weighted by Gasteiger charge is -2.04. The van der Waals surface area contributed by atoms with Gasteiger partial charge < -0.3 is 5.11 Å². The van der Waals surface area contributed by atoms with E-state index in [1.165, 1.54) is 0 Å². The summed E-state index contributed by atoms with van der Waals surface area (Å²) >= 11 is 0. The van der Waals surface area contributed by atoms with Gasteiger partial charge in [0, 0.05) is 18.5 Å². The van der Waals surface area contributed by atoms with E-state index in [0.717, 1.165) is 12.4 Å². The smallest absolute Gasteiger partial charge is 0.435 e. The molecule has 0 aromatic carbocycles. The Morgan fingerprint density at radius 2 is 2.10 bits per heavy atom. The highest BCUT2D eigenvalue weighted by Gasteiger charge is 2.34. The standard InChI is InChI=1S/C10H5F3N4O4/c11-10(12,13)7-1-2-16(15-7)8-6(17(20)21)3-5(4-14-8)9(18)19/h1-4H,(H,18,19). The van der Waals surface area contributed by atoms with E-state index in [-0.39, 0.29) is 0 Å². The Bertz CT molecular complexity index is 725. The maximum atomic E-state index is 12.4.